The maximum Gasteiger partial charge on any atom is 0.0537 e. The number of likely N-dealkylation sites (N-methyl/N-ethyl adjacent to an activating group) is 1. The van der Waals surface area contributed by atoms with Crippen molar-refractivity contribution in [1.82, 2.24) is 14.7 Å². The SMILES string of the molecule is CC(c1ccccc1Cl)N(C)CC(N)c1cnn(C)c1. The fourth-order valence-corrected chi connectivity index (χ4v) is 2.55. The lowest BCUT2D eigenvalue weighted by Crippen LogP contribution is -2.31. The third-order valence-corrected chi connectivity index (χ3v) is 4.00. The minimum absolute atomic E-state index is 0.0568. The van der Waals surface area contributed by atoms with Gasteiger partial charge in [-0.3, -0.25) is 9.58 Å². The first-order chi connectivity index (χ1) is 9.49. The minimum atomic E-state index is -0.0568. The maximum absolute atomic E-state index is 6.25. The average molecular weight is 293 g/mol. The van der Waals surface area contributed by atoms with Gasteiger partial charge in [-0.2, -0.15) is 5.10 Å². The van der Waals surface area contributed by atoms with Crippen molar-refractivity contribution in [2.75, 3.05) is 13.6 Å². The van der Waals surface area contributed by atoms with Crippen LogP contribution < -0.4 is 5.73 Å². The van der Waals surface area contributed by atoms with Crippen molar-refractivity contribution >= 4 is 11.6 Å². The van der Waals surface area contributed by atoms with E-state index < -0.39 is 0 Å². The summed E-state index contributed by atoms with van der Waals surface area (Å²) in [6.07, 6.45) is 3.78. The predicted molar refractivity (Wildman–Crippen MR) is 82.6 cm³/mol. The molecular formula is C15H21ClN4. The molecule has 20 heavy (non-hydrogen) atoms. The van der Waals surface area contributed by atoms with Gasteiger partial charge in [-0.25, -0.2) is 0 Å². The zero-order valence-electron chi connectivity index (χ0n) is 12.1. The minimum Gasteiger partial charge on any atom is -0.323 e. The van der Waals surface area contributed by atoms with Gasteiger partial charge >= 0.3 is 0 Å². The van der Waals surface area contributed by atoms with Crippen LogP contribution in [0.3, 0.4) is 0 Å². The molecule has 0 aliphatic carbocycles. The van der Waals surface area contributed by atoms with Gasteiger partial charge in [0.2, 0.25) is 0 Å². The van der Waals surface area contributed by atoms with Crippen molar-refractivity contribution < 1.29 is 0 Å². The Labute approximate surface area is 125 Å². The standard InChI is InChI=1S/C15H21ClN4/c1-11(13-6-4-5-7-14(13)16)19(2)10-15(17)12-8-18-20(3)9-12/h4-9,11,15H,10,17H2,1-3H3. The molecule has 0 saturated carbocycles. The number of rotatable bonds is 5. The van der Waals surface area contributed by atoms with E-state index in [1.165, 1.54) is 0 Å². The van der Waals surface area contributed by atoms with Gasteiger partial charge in [-0.15, -0.1) is 0 Å². The van der Waals surface area contributed by atoms with Crippen LogP contribution in [0.25, 0.3) is 0 Å². The number of aromatic nitrogens is 2. The Kier molecular flexibility index (Phi) is 4.81. The van der Waals surface area contributed by atoms with Gasteiger partial charge in [0.15, 0.2) is 0 Å². The number of hydrogen-bond acceptors (Lipinski definition) is 3. The maximum atomic E-state index is 6.25. The molecule has 2 aromatic rings. The van der Waals surface area contributed by atoms with E-state index in [1.54, 1.807) is 4.68 Å². The third kappa shape index (κ3) is 3.39. The van der Waals surface area contributed by atoms with Crippen molar-refractivity contribution in [3.8, 4) is 0 Å². The number of benzene rings is 1. The number of nitrogens with two attached hydrogens (primary N) is 1. The summed E-state index contributed by atoms with van der Waals surface area (Å²) in [4.78, 5) is 2.21. The molecule has 5 heteroatoms. The monoisotopic (exact) mass is 292 g/mol. The molecule has 0 aliphatic heterocycles. The van der Waals surface area contributed by atoms with Gasteiger partial charge in [0.05, 0.1) is 6.20 Å². The van der Waals surface area contributed by atoms with Crippen molar-refractivity contribution in [3.05, 3.63) is 52.8 Å². The summed E-state index contributed by atoms with van der Waals surface area (Å²) < 4.78 is 1.77. The van der Waals surface area contributed by atoms with E-state index in [-0.39, 0.29) is 12.1 Å². The normalized spacial score (nSPS) is 14.5. The summed E-state index contributed by atoms with van der Waals surface area (Å²) in [6, 6.07) is 8.08. The van der Waals surface area contributed by atoms with E-state index in [4.69, 9.17) is 17.3 Å². The number of nitrogens with zero attached hydrogens (tertiary/aromatic N) is 3. The summed E-state index contributed by atoms with van der Waals surface area (Å²) in [5, 5.41) is 4.95. The molecule has 0 spiro atoms. The fourth-order valence-electron chi connectivity index (χ4n) is 2.26. The summed E-state index contributed by atoms with van der Waals surface area (Å²) in [7, 11) is 3.95. The van der Waals surface area contributed by atoms with Crippen molar-refractivity contribution in [1.29, 1.82) is 0 Å². The summed E-state index contributed by atoms with van der Waals surface area (Å²) in [5.41, 5.74) is 8.40. The highest BCUT2D eigenvalue weighted by molar-refractivity contribution is 6.31. The third-order valence-electron chi connectivity index (χ3n) is 3.65. The molecule has 0 bridgehead atoms. The summed E-state index contributed by atoms with van der Waals surface area (Å²) in [6.45, 7) is 2.88. The first kappa shape index (κ1) is 15.0. The van der Waals surface area contributed by atoms with Gasteiger partial charge < -0.3 is 5.73 Å². The number of halogens is 1. The summed E-state index contributed by atoms with van der Waals surface area (Å²) >= 11 is 6.25. The van der Waals surface area contributed by atoms with Crippen molar-refractivity contribution in [2.24, 2.45) is 12.8 Å². The molecule has 0 fully saturated rings. The smallest absolute Gasteiger partial charge is 0.0537 e. The van der Waals surface area contributed by atoms with Crippen LogP contribution in [0.2, 0.25) is 5.02 Å². The van der Waals surface area contributed by atoms with Crippen LogP contribution in [0.4, 0.5) is 0 Å². The van der Waals surface area contributed by atoms with E-state index in [0.717, 1.165) is 22.7 Å². The lowest BCUT2D eigenvalue weighted by molar-refractivity contribution is 0.246. The second-order valence-corrected chi connectivity index (χ2v) is 5.60. The van der Waals surface area contributed by atoms with E-state index in [1.807, 2.05) is 37.6 Å². The van der Waals surface area contributed by atoms with Crippen LogP contribution in [0, 0.1) is 0 Å². The van der Waals surface area contributed by atoms with Crippen LogP contribution >= 0.6 is 11.6 Å². The Morgan fingerprint density at radius 2 is 2.10 bits per heavy atom. The molecule has 1 heterocycles. The Balaban J connectivity index is 2.04. The molecule has 1 aromatic heterocycles. The molecular weight excluding hydrogens is 272 g/mol. The van der Waals surface area contributed by atoms with Crippen LogP contribution in [0.1, 0.15) is 30.1 Å². The van der Waals surface area contributed by atoms with Crippen LogP contribution in [-0.2, 0) is 7.05 Å². The van der Waals surface area contributed by atoms with Gasteiger partial charge in [0, 0.05) is 42.5 Å². The van der Waals surface area contributed by atoms with Crippen LogP contribution in [0.15, 0.2) is 36.7 Å². The second-order valence-electron chi connectivity index (χ2n) is 5.19. The quantitative estimate of drug-likeness (QED) is 0.922. The molecule has 0 aliphatic rings. The molecule has 2 atom stereocenters. The highest BCUT2D eigenvalue weighted by atomic mass is 35.5. The Morgan fingerprint density at radius 3 is 2.70 bits per heavy atom. The van der Waals surface area contributed by atoms with E-state index in [2.05, 4.69) is 30.0 Å². The van der Waals surface area contributed by atoms with Crippen molar-refractivity contribution in [2.45, 2.75) is 19.0 Å². The van der Waals surface area contributed by atoms with E-state index in [9.17, 15) is 0 Å². The Bertz CT molecular complexity index is 567. The molecule has 0 amide bonds. The van der Waals surface area contributed by atoms with Crippen LogP contribution in [-0.4, -0.2) is 28.3 Å². The average Bonchev–Trinajstić information content (AvgIpc) is 2.85. The largest absolute Gasteiger partial charge is 0.323 e. The second kappa shape index (κ2) is 6.39. The molecule has 0 radical (unpaired) electrons. The topological polar surface area (TPSA) is 47.1 Å². The van der Waals surface area contributed by atoms with Gasteiger partial charge in [0.1, 0.15) is 0 Å². The lowest BCUT2D eigenvalue weighted by atomic mass is 10.1. The van der Waals surface area contributed by atoms with E-state index >= 15 is 0 Å². The number of hydrogen-bond donors (Lipinski definition) is 1. The zero-order chi connectivity index (χ0) is 14.7. The molecule has 0 saturated heterocycles. The predicted octanol–water partition coefficient (Wildman–Crippen LogP) is 2.77. The van der Waals surface area contributed by atoms with Crippen LogP contribution in [0.5, 0.6) is 0 Å². The molecule has 4 nitrogen and oxygen atoms in total. The Morgan fingerprint density at radius 1 is 1.40 bits per heavy atom. The first-order valence-corrected chi connectivity index (χ1v) is 7.05. The zero-order valence-corrected chi connectivity index (χ0v) is 12.9. The summed E-state index contributed by atoms with van der Waals surface area (Å²) in [5.74, 6) is 0. The lowest BCUT2D eigenvalue weighted by Gasteiger charge is -2.28. The van der Waals surface area contributed by atoms with Gasteiger partial charge in [-0.05, 0) is 25.6 Å². The highest BCUT2D eigenvalue weighted by Gasteiger charge is 2.18. The van der Waals surface area contributed by atoms with Crippen molar-refractivity contribution in [3.63, 3.8) is 0 Å². The molecule has 2 rings (SSSR count). The first-order valence-electron chi connectivity index (χ1n) is 6.68. The molecule has 2 unspecified atom stereocenters. The van der Waals surface area contributed by atoms with Gasteiger partial charge in [0.25, 0.3) is 0 Å². The van der Waals surface area contributed by atoms with Gasteiger partial charge in [-0.1, -0.05) is 29.8 Å². The fraction of sp³-hybridized carbons (Fsp3) is 0.400. The number of aryl methyl sites for hydroxylation is 1. The molecule has 108 valence electrons. The highest BCUT2D eigenvalue weighted by Crippen LogP contribution is 2.27. The molecule has 2 N–H and O–H groups in total. The molecule has 1 aromatic carbocycles. The van der Waals surface area contributed by atoms with E-state index in [0.29, 0.717) is 0 Å². The Hall–Kier alpha value is -1.36.